The lowest BCUT2D eigenvalue weighted by atomic mass is 9.87. The first-order valence-corrected chi connectivity index (χ1v) is 10.9. The van der Waals surface area contributed by atoms with Crippen LogP contribution in [0.25, 0.3) is 0 Å². The van der Waals surface area contributed by atoms with E-state index in [2.05, 4.69) is 0 Å². The molecule has 6 nitrogen and oxygen atoms in total. The lowest BCUT2D eigenvalue weighted by molar-refractivity contribution is -0.134. The minimum absolute atomic E-state index is 0.0383. The normalized spacial score (nSPS) is 20.7. The van der Waals surface area contributed by atoms with E-state index in [4.69, 9.17) is 9.47 Å². The van der Waals surface area contributed by atoms with Gasteiger partial charge in [-0.05, 0) is 50.1 Å². The molecular formula is C25H30N2O4. The van der Waals surface area contributed by atoms with Gasteiger partial charge >= 0.3 is 0 Å². The number of carbonyl (C=O) groups excluding carboxylic acids is 2. The Kier molecular flexibility index (Phi) is 6.16. The number of hydrogen-bond acceptors (Lipinski definition) is 4. The van der Waals surface area contributed by atoms with Crippen molar-refractivity contribution in [3.05, 3.63) is 59.2 Å². The molecule has 31 heavy (non-hydrogen) atoms. The number of methoxy groups -OCH3 is 2. The molecule has 0 unspecified atom stereocenters. The van der Waals surface area contributed by atoms with Crippen LogP contribution in [0.4, 0.5) is 0 Å². The number of ether oxygens (including phenoxy) is 2. The fraction of sp³-hybridized carbons (Fsp3) is 0.440. The maximum Gasteiger partial charge on any atom is 0.253 e. The molecule has 164 valence electrons. The molecule has 2 aliphatic rings. The van der Waals surface area contributed by atoms with Crippen LogP contribution < -0.4 is 9.47 Å². The highest BCUT2D eigenvalue weighted by Gasteiger charge is 2.43. The van der Waals surface area contributed by atoms with Crippen molar-refractivity contribution in [3.63, 3.8) is 0 Å². The summed E-state index contributed by atoms with van der Waals surface area (Å²) in [5.74, 6) is 1.08. The fourth-order valence-corrected chi connectivity index (χ4v) is 4.71. The van der Waals surface area contributed by atoms with Crippen LogP contribution in [0.15, 0.2) is 42.5 Å². The molecule has 4 rings (SSSR count). The summed E-state index contributed by atoms with van der Waals surface area (Å²) in [5.41, 5.74) is 2.67. The molecule has 0 N–H and O–H groups in total. The first-order chi connectivity index (χ1) is 15.0. The van der Waals surface area contributed by atoms with Crippen molar-refractivity contribution >= 4 is 11.8 Å². The summed E-state index contributed by atoms with van der Waals surface area (Å²) in [4.78, 5) is 30.5. The number of aryl methyl sites for hydroxylation is 1. The minimum Gasteiger partial charge on any atom is -0.497 e. The average molecular weight is 423 g/mol. The third-order valence-corrected chi connectivity index (χ3v) is 6.48. The Morgan fingerprint density at radius 3 is 2.26 bits per heavy atom. The first kappa shape index (κ1) is 21.2. The van der Waals surface area contributed by atoms with Crippen LogP contribution in [0.2, 0.25) is 0 Å². The van der Waals surface area contributed by atoms with Crippen LogP contribution in [0.5, 0.6) is 11.5 Å². The Labute approximate surface area is 183 Å². The number of carbonyl (C=O) groups is 2. The van der Waals surface area contributed by atoms with Gasteiger partial charge in [-0.2, -0.15) is 0 Å². The predicted octanol–water partition coefficient (Wildman–Crippen LogP) is 3.49. The van der Waals surface area contributed by atoms with Crippen LogP contribution in [0.1, 0.15) is 40.2 Å². The maximum absolute atomic E-state index is 13.5. The van der Waals surface area contributed by atoms with Gasteiger partial charge in [0, 0.05) is 43.2 Å². The quantitative estimate of drug-likeness (QED) is 0.740. The summed E-state index contributed by atoms with van der Waals surface area (Å²) in [5, 5.41) is 0. The zero-order valence-corrected chi connectivity index (χ0v) is 18.5. The van der Waals surface area contributed by atoms with Crippen LogP contribution in [0.3, 0.4) is 0 Å². The largest absolute Gasteiger partial charge is 0.497 e. The van der Waals surface area contributed by atoms with Crippen LogP contribution in [0, 0.1) is 12.8 Å². The van der Waals surface area contributed by atoms with Crippen molar-refractivity contribution in [2.45, 2.75) is 25.7 Å². The second-order valence-corrected chi connectivity index (χ2v) is 8.43. The molecule has 0 aliphatic carbocycles. The SMILES string of the molecule is COc1ccc(OC)c([C@H]2CN(C(=O)c3ccc(C)cc3)C[C@H]2C(=O)N2CCCC2)c1. The first-order valence-electron chi connectivity index (χ1n) is 10.9. The summed E-state index contributed by atoms with van der Waals surface area (Å²) in [6.07, 6.45) is 2.08. The average Bonchev–Trinajstić information content (AvgIpc) is 3.49. The Morgan fingerprint density at radius 2 is 1.61 bits per heavy atom. The zero-order valence-electron chi connectivity index (χ0n) is 18.5. The van der Waals surface area contributed by atoms with E-state index in [-0.39, 0.29) is 23.7 Å². The fourth-order valence-electron chi connectivity index (χ4n) is 4.71. The van der Waals surface area contributed by atoms with Crippen LogP contribution >= 0.6 is 0 Å². The van der Waals surface area contributed by atoms with E-state index >= 15 is 0 Å². The van der Waals surface area contributed by atoms with Gasteiger partial charge in [-0.25, -0.2) is 0 Å². The molecule has 2 aliphatic heterocycles. The molecular weight excluding hydrogens is 392 g/mol. The monoisotopic (exact) mass is 422 g/mol. The summed E-state index contributed by atoms with van der Waals surface area (Å²) < 4.78 is 11.1. The second kappa shape index (κ2) is 9.00. The van der Waals surface area contributed by atoms with E-state index < -0.39 is 0 Å². The number of likely N-dealkylation sites (tertiary alicyclic amines) is 2. The molecule has 2 fully saturated rings. The third-order valence-electron chi connectivity index (χ3n) is 6.48. The molecule has 0 spiro atoms. The van der Waals surface area contributed by atoms with Gasteiger partial charge in [0.05, 0.1) is 20.1 Å². The lowest BCUT2D eigenvalue weighted by Crippen LogP contribution is -2.37. The van der Waals surface area contributed by atoms with Gasteiger partial charge in [-0.15, -0.1) is 0 Å². The van der Waals surface area contributed by atoms with Crippen LogP contribution in [-0.2, 0) is 4.79 Å². The number of rotatable bonds is 5. The van der Waals surface area contributed by atoms with Gasteiger partial charge in [-0.3, -0.25) is 9.59 Å². The van der Waals surface area contributed by atoms with E-state index in [1.807, 2.05) is 59.2 Å². The van der Waals surface area contributed by atoms with Gasteiger partial charge < -0.3 is 19.3 Å². The molecule has 6 heteroatoms. The molecule has 0 aromatic heterocycles. The number of hydrogen-bond donors (Lipinski definition) is 0. The molecule has 2 aromatic carbocycles. The summed E-state index contributed by atoms with van der Waals surface area (Å²) in [7, 11) is 3.26. The summed E-state index contributed by atoms with van der Waals surface area (Å²) >= 11 is 0. The van der Waals surface area contributed by atoms with Crippen LogP contribution in [-0.4, -0.2) is 62.0 Å². The smallest absolute Gasteiger partial charge is 0.253 e. The van der Waals surface area contributed by atoms with Gasteiger partial charge in [0.1, 0.15) is 11.5 Å². The highest BCUT2D eigenvalue weighted by atomic mass is 16.5. The number of amides is 2. The molecule has 0 saturated carbocycles. The predicted molar refractivity (Wildman–Crippen MR) is 119 cm³/mol. The van der Waals surface area contributed by atoms with Gasteiger partial charge in [0.2, 0.25) is 5.91 Å². The van der Waals surface area contributed by atoms with Gasteiger partial charge in [0.15, 0.2) is 0 Å². The molecule has 0 radical (unpaired) electrons. The summed E-state index contributed by atoms with van der Waals surface area (Å²) in [6, 6.07) is 13.3. The topological polar surface area (TPSA) is 59.1 Å². The van der Waals surface area contributed by atoms with Gasteiger partial charge in [-0.1, -0.05) is 17.7 Å². The van der Waals surface area contributed by atoms with Crippen molar-refractivity contribution < 1.29 is 19.1 Å². The zero-order chi connectivity index (χ0) is 22.0. The lowest BCUT2D eigenvalue weighted by Gasteiger charge is -2.25. The van der Waals surface area contributed by atoms with Crippen molar-refractivity contribution in [3.8, 4) is 11.5 Å². The molecule has 2 aromatic rings. The summed E-state index contributed by atoms with van der Waals surface area (Å²) in [6.45, 7) is 4.47. The Balaban J connectivity index is 1.68. The van der Waals surface area contributed by atoms with Crippen molar-refractivity contribution in [1.29, 1.82) is 0 Å². The highest BCUT2D eigenvalue weighted by molar-refractivity contribution is 5.95. The van der Waals surface area contributed by atoms with E-state index in [9.17, 15) is 9.59 Å². The Bertz CT molecular complexity index is 950. The molecule has 2 atom stereocenters. The van der Waals surface area contributed by atoms with E-state index in [1.165, 1.54) is 0 Å². The standard InChI is InChI=1S/C25H30N2O4/c1-17-6-8-18(9-7-17)24(28)27-15-21(20-14-19(30-2)10-11-23(20)31-3)22(16-27)25(29)26-12-4-5-13-26/h6-11,14,21-22H,4-5,12-13,15-16H2,1-3H3/t21-,22-/m1/s1. The van der Waals surface area contributed by atoms with E-state index in [0.717, 1.165) is 42.8 Å². The van der Waals surface area contributed by atoms with Crippen molar-refractivity contribution in [2.75, 3.05) is 40.4 Å². The second-order valence-electron chi connectivity index (χ2n) is 8.43. The molecule has 2 heterocycles. The molecule has 0 bridgehead atoms. The Morgan fingerprint density at radius 1 is 0.903 bits per heavy atom. The van der Waals surface area contributed by atoms with E-state index in [0.29, 0.717) is 24.4 Å². The number of benzene rings is 2. The molecule has 2 saturated heterocycles. The minimum atomic E-state index is -0.298. The Hall–Kier alpha value is -3.02. The maximum atomic E-state index is 13.5. The van der Waals surface area contributed by atoms with Gasteiger partial charge in [0.25, 0.3) is 5.91 Å². The highest BCUT2D eigenvalue weighted by Crippen LogP contribution is 2.41. The van der Waals surface area contributed by atoms with Crippen molar-refractivity contribution in [2.24, 2.45) is 5.92 Å². The molecule has 2 amide bonds. The van der Waals surface area contributed by atoms with Crippen molar-refractivity contribution in [1.82, 2.24) is 9.80 Å². The van der Waals surface area contributed by atoms with E-state index in [1.54, 1.807) is 14.2 Å². The third kappa shape index (κ3) is 4.24. The number of nitrogens with zero attached hydrogens (tertiary/aromatic N) is 2.